The first-order valence-corrected chi connectivity index (χ1v) is 10.4. The van der Waals surface area contributed by atoms with Gasteiger partial charge in [0.15, 0.2) is 17.6 Å². The molecular formula is C20H26FN5S. The van der Waals surface area contributed by atoms with Gasteiger partial charge in [-0.1, -0.05) is 12.1 Å². The molecule has 1 aromatic heterocycles. The highest BCUT2D eigenvalue weighted by Gasteiger charge is 2.25. The van der Waals surface area contributed by atoms with Gasteiger partial charge in [-0.3, -0.25) is 0 Å². The molecule has 5 nitrogen and oxygen atoms in total. The summed E-state index contributed by atoms with van der Waals surface area (Å²) in [6.07, 6.45) is 4.62. The zero-order valence-electron chi connectivity index (χ0n) is 15.8. The molecule has 2 N–H and O–H groups in total. The number of aromatic nitrogens is 1. The van der Waals surface area contributed by atoms with Gasteiger partial charge in [0.25, 0.3) is 0 Å². The maximum atomic E-state index is 14.0. The first-order valence-electron chi connectivity index (χ1n) is 9.23. The van der Waals surface area contributed by atoms with E-state index in [9.17, 15) is 4.39 Å². The van der Waals surface area contributed by atoms with Crippen LogP contribution in [0.3, 0.4) is 0 Å². The summed E-state index contributed by atoms with van der Waals surface area (Å²) in [7, 11) is 0. The van der Waals surface area contributed by atoms with Crippen LogP contribution in [-0.4, -0.2) is 42.9 Å². The molecule has 0 saturated carbocycles. The van der Waals surface area contributed by atoms with Crippen molar-refractivity contribution in [2.45, 2.75) is 30.8 Å². The van der Waals surface area contributed by atoms with Crippen molar-refractivity contribution in [2.75, 3.05) is 30.8 Å². The Bertz CT molecular complexity index is 765. The van der Waals surface area contributed by atoms with E-state index < -0.39 is 0 Å². The Morgan fingerprint density at radius 1 is 1.33 bits per heavy atom. The summed E-state index contributed by atoms with van der Waals surface area (Å²) in [6, 6.07) is 11.7. The van der Waals surface area contributed by atoms with Gasteiger partial charge in [0.05, 0.1) is 6.54 Å². The number of pyridine rings is 1. The summed E-state index contributed by atoms with van der Waals surface area (Å²) < 4.78 is 14.0. The summed E-state index contributed by atoms with van der Waals surface area (Å²) >= 11 is 1.73. The molecule has 1 saturated heterocycles. The van der Waals surface area contributed by atoms with Crippen molar-refractivity contribution in [1.29, 1.82) is 0 Å². The number of nitrogens with one attached hydrogen (secondary N) is 2. The highest BCUT2D eigenvalue weighted by molar-refractivity contribution is 7.98. The predicted octanol–water partition coefficient (Wildman–Crippen LogP) is 3.28. The first-order chi connectivity index (χ1) is 13.2. The smallest absolute Gasteiger partial charge is 0.191 e. The summed E-state index contributed by atoms with van der Waals surface area (Å²) in [6.45, 7) is 4.95. The summed E-state index contributed by atoms with van der Waals surface area (Å²) in [5.41, 5.74) is 1.17. The number of hydrogen-bond acceptors (Lipinski definition) is 4. The van der Waals surface area contributed by atoms with Crippen molar-refractivity contribution in [3.8, 4) is 0 Å². The normalized spacial score (nSPS) is 17.2. The highest BCUT2D eigenvalue weighted by atomic mass is 32.2. The Morgan fingerprint density at radius 3 is 2.85 bits per heavy atom. The Labute approximate surface area is 164 Å². The number of aliphatic imine (C=N–C) groups is 1. The average Bonchev–Trinajstić information content (AvgIpc) is 3.15. The van der Waals surface area contributed by atoms with Crippen LogP contribution in [0.4, 0.5) is 10.2 Å². The third-order valence-electron chi connectivity index (χ3n) is 4.49. The summed E-state index contributed by atoms with van der Waals surface area (Å²) in [5.74, 6) is 0.949. The molecule has 1 aromatic carbocycles. The lowest BCUT2D eigenvalue weighted by atomic mass is 10.2. The van der Waals surface area contributed by atoms with Crippen LogP contribution in [-0.2, 0) is 6.54 Å². The number of halogens is 1. The predicted molar refractivity (Wildman–Crippen MR) is 111 cm³/mol. The Hall–Kier alpha value is -2.28. The van der Waals surface area contributed by atoms with Crippen LogP contribution in [0.5, 0.6) is 0 Å². The molecule has 1 aliphatic heterocycles. The van der Waals surface area contributed by atoms with E-state index in [4.69, 9.17) is 4.99 Å². The zero-order chi connectivity index (χ0) is 19.1. The minimum absolute atomic E-state index is 0.211. The van der Waals surface area contributed by atoms with E-state index in [1.165, 1.54) is 16.5 Å². The number of guanidine groups is 1. The molecule has 2 aromatic rings. The van der Waals surface area contributed by atoms with E-state index in [1.54, 1.807) is 24.0 Å². The molecule has 0 aliphatic carbocycles. The fourth-order valence-electron chi connectivity index (χ4n) is 3.10. The van der Waals surface area contributed by atoms with Crippen molar-refractivity contribution in [3.05, 3.63) is 54.0 Å². The molecule has 7 heteroatoms. The van der Waals surface area contributed by atoms with E-state index in [1.807, 2.05) is 4.90 Å². The second-order valence-electron chi connectivity index (χ2n) is 6.43. The third kappa shape index (κ3) is 5.35. The molecule has 1 aliphatic rings. The maximum Gasteiger partial charge on any atom is 0.191 e. The van der Waals surface area contributed by atoms with Gasteiger partial charge in [0, 0.05) is 36.8 Å². The topological polar surface area (TPSA) is 52.6 Å². The molecular weight excluding hydrogens is 361 g/mol. The molecule has 0 radical (unpaired) electrons. The lowest BCUT2D eigenvalue weighted by Gasteiger charge is -2.20. The molecule has 144 valence electrons. The van der Waals surface area contributed by atoms with Crippen molar-refractivity contribution >= 4 is 23.5 Å². The van der Waals surface area contributed by atoms with Crippen molar-refractivity contribution in [2.24, 2.45) is 4.99 Å². The van der Waals surface area contributed by atoms with Gasteiger partial charge in [-0.25, -0.2) is 14.4 Å². The number of nitrogens with zero attached hydrogens (tertiary/aromatic N) is 3. The largest absolute Gasteiger partial charge is 0.357 e. The second-order valence-corrected chi connectivity index (χ2v) is 7.31. The van der Waals surface area contributed by atoms with Crippen LogP contribution in [0.1, 0.15) is 18.9 Å². The van der Waals surface area contributed by atoms with Crippen LogP contribution in [0, 0.1) is 5.82 Å². The molecule has 2 heterocycles. The third-order valence-corrected chi connectivity index (χ3v) is 5.23. The van der Waals surface area contributed by atoms with Gasteiger partial charge in [0.2, 0.25) is 0 Å². The van der Waals surface area contributed by atoms with Gasteiger partial charge in [-0.15, -0.1) is 11.8 Å². The van der Waals surface area contributed by atoms with Crippen LogP contribution >= 0.6 is 11.8 Å². The minimum Gasteiger partial charge on any atom is -0.357 e. The van der Waals surface area contributed by atoms with Crippen molar-refractivity contribution in [3.63, 3.8) is 0 Å². The number of hydrogen-bond donors (Lipinski definition) is 2. The standard InChI is InChI=1S/C20H26FN5S/c1-3-22-20(24-13-15-6-8-17(27-2)9-7-15)25-16-10-12-26(14-16)19-18(21)5-4-11-23-19/h4-9,11,16H,3,10,12-14H2,1-2H3,(H2,22,24,25). The van der Waals surface area contributed by atoms with Crippen LogP contribution in [0.25, 0.3) is 0 Å². The Kier molecular flexibility index (Phi) is 6.92. The quantitative estimate of drug-likeness (QED) is 0.453. The zero-order valence-corrected chi connectivity index (χ0v) is 16.6. The molecule has 1 atom stereocenters. The monoisotopic (exact) mass is 387 g/mol. The van der Waals surface area contributed by atoms with Gasteiger partial charge in [-0.05, 0) is 49.4 Å². The molecule has 0 bridgehead atoms. The fraction of sp³-hybridized carbons (Fsp3) is 0.400. The Balaban J connectivity index is 1.60. The van der Waals surface area contributed by atoms with Gasteiger partial charge < -0.3 is 15.5 Å². The molecule has 3 rings (SSSR count). The molecule has 27 heavy (non-hydrogen) atoms. The van der Waals surface area contributed by atoms with Gasteiger partial charge >= 0.3 is 0 Å². The van der Waals surface area contributed by atoms with Gasteiger partial charge in [0.1, 0.15) is 0 Å². The number of thioether (sulfide) groups is 1. The van der Waals surface area contributed by atoms with E-state index in [0.717, 1.165) is 25.5 Å². The van der Waals surface area contributed by atoms with E-state index in [0.29, 0.717) is 18.9 Å². The van der Waals surface area contributed by atoms with E-state index >= 15 is 0 Å². The number of rotatable bonds is 6. The van der Waals surface area contributed by atoms with Gasteiger partial charge in [-0.2, -0.15) is 0 Å². The molecule has 0 amide bonds. The number of benzene rings is 1. The van der Waals surface area contributed by atoms with E-state index in [-0.39, 0.29) is 11.9 Å². The summed E-state index contributed by atoms with van der Waals surface area (Å²) in [5, 5.41) is 6.77. The van der Waals surface area contributed by atoms with Crippen LogP contribution in [0.2, 0.25) is 0 Å². The number of anilines is 1. The SMILES string of the molecule is CCNC(=NCc1ccc(SC)cc1)NC1CCN(c2ncccc2F)C1. The second kappa shape index (κ2) is 9.60. The Morgan fingerprint density at radius 2 is 2.15 bits per heavy atom. The van der Waals surface area contributed by atoms with Crippen LogP contribution < -0.4 is 15.5 Å². The lowest BCUT2D eigenvalue weighted by molar-refractivity contribution is 0.612. The van der Waals surface area contributed by atoms with Crippen molar-refractivity contribution in [1.82, 2.24) is 15.6 Å². The molecule has 1 unspecified atom stereocenters. The molecule has 1 fully saturated rings. The maximum absolute atomic E-state index is 14.0. The fourth-order valence-corrected chi connectivity index (χ4v) is 3.50. The van der Waals surface area contributed by atoms with E-state index in [2.05, 4.69) is 53.1 Å². The lowest BCUT2D eigenvalue weighted by Crippen LogP contribution is -2.44. The average molecular weight is 388 g/mol. The molecule has 0 spiro atoms. The summed E-state index contributed by atoms with van der Waals surface area (Å²) in [4.78, 5) is 12.1. The first kappa shape index (κ1) is 19.5. The van der Waals surface area contributed by atoms with Crippen LogP contribution in [0.15, 0.2) is 52.5 Å². The van der Waals surface area contributed by atoms with Crippen molar-refractivity contribution < 1.29 is 4.39 Å². The highest BCUT2D eigenvalue weighted by Crippen LogP contribution is 2.20. The minimum atomic E-state index is -0.271.